The molecule has 0 aromatic heterocycles. The number of benzene rings is 1. The van der Waals surface area contributed by atoms with Crippen LogP contribution in [0.15, 0.2) is 18.2 Å². The van der Waals surface area contributed by atoms with Gasteiger partial charge in [-0.25, -0.2) is 4.79 Å². The number of carbonyl (C=O) groups is 4. The Morgan fingerprint density at radius 1 is 1.09 bits per heavy atom. The van der Waals surface area contributed by atoms with Crippen LogP contribution in [0.25, 0.3) is 0 Å². The maximum atomic E-state index is 14.3. The Kier molecular flexibility index (Phi) is 10.4. The molecule has 3 heterocycles. The van der Waals surface area contributed by atoms with Crippen molar-refractivity contribution >= 4 is 35.8 Å². The minimum absolute atomic E-state index is 0.00911. The highest BCUT2D eigenvalue weighted by Crippen LogP contribution is 2.47. The van der Waals surface area contributed by atoms with Crippen molar-refractivity contribution in [1.29, 1.82) is 0 Å². The number of aryl methyl sites for hydroxylation is 1. The normalized spacial score (nSPS) is 31.6. The lowest BCUT2D eigenvalue weighted by Gasteiger charge is -2.33. The number of amides is 4. The van der Waals surface area contributed by atoms with Crippen LogP contribution in [0, 0.1) is 11.8 Å². The highest BCUT2D eigenvalue weighted by atomic mass is 32.2. The monoisotopic (exact) mass is 667 g/mol. The third-order valence-corrected chi connectivity index (χ3v) is 12.0. The molecule has 0 spiro atoms. The van der Waals surface area contributed by atoms with E-state index >= 15 is 0 Å². The van der Waals surface area contributed by atoms with Crippen molar-refractivity contribution in [3.05, 3.63) is 34.9 Å². The minimum Gasteiger partial charge on any atom is -0.444 e. The Morgan fingerprint density at radius 2 is 1.85 bits per heavy atom. The van der Waals surface area contributed by atoms with Gasteiger partial charge in [0.1, 0.15) is 17.7 Å². The molecule has 1 saturated heterocycles. The average molecular weight is 668 g/mol. The van der Waals surface area contributed by atoms with Crippen molar-refractivity contribution in [2.75, 3.05) is 6.54 Å². The number of nitrogens with one attached hydrogen (secondary N) is 3. The number of hydrogen-bond donors (Lipinski definition) is 3. The molecule has 3 N–H and O–H groups in total. The van der Waals surface area contributed by atoms with Gasteiger partial charge in [0.15, 0.2) is 0 Å². The summed E-state index contributed by atoms with van der Waals surface area (Å²) in [5, 5.41) is 7.14. The van der Waals surface area contributed by atoms with E-state index in [-0.39, 0.29) is 48.6 Å². The van der Waals surface area contributed by atoms with Gasteiger partial charge in [0, 0.05) is 30.8 Å². The second-order valence-corrected chi connectivity index (χ2v) is 16.0. The van der Waals surface area contributed by atoms with E-state index in [4.69, 9.17) is 4.74 Å². The third kappa shape index (κ3) is 7.61. The summed E-state index contributed by atoms with van der Waals surface area (Å²) in [7, 11) is 0. The Bertz CT molecular complexity index is 1350. The Balaban J connectivity index is 1.23. The van der Waals surface area contributed by atoms with Gasteiger partial charge >= 0.3 is 6.09 Å². The van der Waals surface area contributed by atoms with Crippen molar-refractivity contribution in [2.45, 2.75) is 146 Å². The molecule has 4 amide bonds. The van der Waals surface area contributed by atoms with E-state index in [9.17, 15) is 19.2 Å². The zero-order valence-electron chi connectivity index (χ0n) is 28.5. The van der Waals surface area contributed by atoms with Gasteiger partial charge in [-0.05, 0) is 85.9 Å². The van der Waals surface area contributed by atoms with Crippen LogP contribution < -0.4 is 15.4 Å². The molecule has 1 unspecified atom stereocenters. The van der Waals surface area contributed by atoms with Crippen molar-refractivity contribution < 1.29 is 23.9 Å². The van der Waals surface area contributed by atoms with E-state index in [0.29, 0.717) is 24.8 Å². The first-order valence-corrected chi connectivity index (χ1v) is 18.9. The third-order valence-electron chi connectivity index (χ3n) is 10.9. The Labute approximate surface area is 284 Å². The molecule has 0 radical (unpaired) electrons. The maximum absolute atomic E-state index is 14.3. The number of carbonyl (C=O) groups excluding carboxylic acids is 4. The minimum atomic E-state index is -0.967. The van der Waals surface area contributed by atoms with Crippen molar-refractivity contribution in [1.82, 2.24) is 25.2 Å². The van der Waals surface area contributed by atoms with Crippen LogP contribution in [-0.4, -0.2) is 75.2 Å². The molecule has 3 aliphatic heterocycles. The maximum Gasteiger partial charge on any atom is 0.410 e. The van der Waals surface area contributed by atoms with Crippen LogP contribution in [0.4, 0.5) is 4.79 Å². The van der Waals surface area contributed by atoms with Gasteiger partial charge in [-0.1, -0.05) is 64.7 Å². The smallest absolute Gasteiger partial charge is 0.410 e. The molecule has 6 atom stereocenters. The second kappa shape index (κ2) is 14.4. The molecule has 258 valence electrons. The average Bonchev–Trinajstić information content (AvgIpc) is 3.91. The summed E-state index contributed by atoms with van der Waals surface area (Å²) in [6.45, 7) is 9.34. The van der Waals surface area contributed by atoms with Gasteiger partial charge in [0.25, 0.3) is 5.91 Å². The van der Waals surface area contributed by atoms with Gasteiger partial charge in [-0.15, -0.1) is 0 Å². The fourth-order valence-corrected chi connectivity index (χ4v) is 8.54. The fraction of sp³-hybridized carbons (Fsp3) is 0.722. The van der Waals surface area contributed by atoms with Gasteiger partial charge < -0.3 is 20.3 Å². The summed E-state index contributed by atoms with van der Waals surface area (Å²) in [6.07, 6.45) is 9.09. The molecule has 11 heteroatoms. The lowest BCUT2D eigenvalue weighted by atomic mass is 9.97. The highest BCUT2D eigenvalue weighted by Gasteiger charge is 2.61. The predicted octanol–water partition coefficient (Wildman–Crippen LogP) is 4.83. The van der Waals surface area contributed by atoms with E-state index in [2.05, 4.69) is 40.5 Å². The first-order chi connectivity index (χ1) is 22.6. The number of fused-ring (bicyclic) bond motifs is 3. The van der Waals surface area contributed by atoms with Crippen LogP contribution in [0.1, 0.15) is 109 Å². The molecule has 1 aromatic carbocycles. The zero-order chi connectivity index (χ0) is 33.3. The molecule has 2 aliphatic carbocycles. The fourth-order valence-electron chi connectivity index (χ4n) is 7.71. The number of nitrogens with zero attached hydrogens (tertiary/aromatic N) is 2. The molecule has 47 heavy (non-hydrogen) atoms. The van der Waals surface area contributed by atoms with E-state index < -0.39 is 29.8 Å². The first-order valence-electron chi connectivity index (χ1n) is 18.0. The highest BCUT2D eigenvalue weighted by molar-refractivity contribution is 7.98. The van der Waals surface area contributed by atoms with Gasteiger partial charge in [-0.2, -0.15) is 0 Å². The Hall–Kier alpha value is -2.79. The van der Waals surface area contributed by atoms with Crippen LogP contribution in [-0.2, 0) is 38.6 Å². The predicted molar refractivity (Wildman–Crippen MR) is 182 cm³/mol. The standard InChI is InChI=1S/C36H53N5O5S/c1-5-26-18-36(26,34(44)39-47-28-15-16-28)38-32(42)30-17-27-20-41(30)33(43)31(22(2)3)37-23(4)11-8-6-7-9-12-24-13-10-14-25-19-40(21-29(24)25)35(45)46-27/h10,13-14,22-23,26-28,30-31,37H,5-9,11-12,15-21H2,1-4H3,(H,38,42)(H,39,44)/t23?,26-,27-,30+,31+,36-/m1/s1. The summed E-state index contributed by atoms with van der Waals surface area (Å²) >= 11 is 1.45. The molecule has 4 bridgehead atoms. The molecular weight excluding hydrogens is 614 g/mol. The van der Waals surface area contributed by atoms with Crippen molar-refractivity contribution in [3.63, 3.8) is 0 Å². The molecule has 1 aromatic rings. The van der Waals surface area contributed by atoms with Gasteiger partial charge in [0.05, 0.1) is 12.6 Å². The number of rotatable bonds is 7. The second-order valence-electron chi connectivity index (χ2n) is 14.9. The summed E-state index contributed by atoms with van der Waals surface area (Å²) in [5.74, 6) is -0.636. The lowest BCUT2D eigenvalue weighted by Crippen LogP contribution is -2.58. The first kappa shape index (κ1) is 34.1. The Morgan fingerprint density at radius 3 is 2.57 bits per heavy atom. The molecular formula is C36H53N5O5S. The van der Waals surface area contributed by atoms with Crippen LogP contribution in [0.2, 0.25) is 0 Å². The SMILES string of the molecule is CC[C@@H]1C[C@]1(NC(=O)[C@@H]1C[C@@H]2CN1C(=O)[C@H](C(C)C)NC(C)CCCCCCc1cccc3c1CN(C3)C(=O)O2)C(=O)NSC1CC1. The summed E-state index contributed by atoms with van der Waals surface area (Å²) in [4.78, 5) is 58.8. The largest absolute Gasteiger partial charge is 0.444 e. The van der Waals surface area contributed by atoms with E-state index in [0.717, 1.165) is 63.4 Å². The van der Waals surface area contributed by atoms with E-state index in [1.54, 1.807) is 9.80 Å². The number of ether oxygens (including phenoxy) is 1. The summed E-state index contributed by atoms with van der Waals surface area (Å²) in [6, 6.07) is 5.15. The molecule has 5 aliphatic rings. The van der Waals surface area contributed by atoms with Crippen LogP contribution in [0.3, 0.4) is 0 Å². The topological polar surface area (TPSA) is 120 Å². The summed E-state index contributed by atoms with van der Waals surface area (Å²) < 4.78 is 9.07. The molecule has 10 nitrogen and oxygen atoms in total. The molecule has 3 fully saturated rings. The zero-order valence-corrected chi connectivity index (χ0v) is 29.3. The van der Waals surface area contributed by atoms with E-state index in [1.165, 1.54) is 23.1 Å². The van der Waals surface area contributed by atoms with Crippen molar-refractivity contribution in [3.8, 4) is 0 Å². The quantitative estimate of drug-likeness (QED) is 0.357. The van der Waals surface area contributed by atoms with Crippen LogP contribution >= 0.6 is 11.9 Å². The molecule has 6 rings (SSSR count). The van der Waals surface area contributed by atoms with Crippen LogP contribution in [0.5, 0.6) is 0 Å². The summed E-state index contributed by atoms with van der Waals surface area (Å²) in [5.41, 5.74) is 2.72. The van der Waals surface area contributed by atoms with E-state index in [1.807, 2.05) is 20.8 Å². The van der Waals surface area contributed by atoms with Gasteiger partial charge in [0.2, 0.25) is 11.8 Å². The van der Waals surface area contributed by atoms with Crippen molar-refractivity contribution in [2.24, 2.45) is 11.8 Å². The number of hydrogen-bond acceptors (Lipinski definition) is 7. The lowest BCUT2D eigenvalue weighted by molar-refractivity contribution is -0.142. The van der Waals surface area contributed by atoms with Gasteiger partial charge in [-0.3, -0.25) is 24.0 Å². The molecule has 2 saturated carbocycles.